The van der Waals surface area contributed by atoms with Crippen LogP contribution in [0.5, 0.6) is 0 Å². The monoisotopic (exact) mass is 311 g/mol. The largest absolute Gasteiger partial charge is 0.462 e. The van der Waals surface area contributed by atoms with Gasteiger partial charge in [0, 0.05) is 39.3 Å². The Hall–Kier alpha value is -1.14. The van der Waals surface area contributed by atoms with E-state index in [-0.39, 0.29) is 18.0 Å². The minimum Gasteiger partial charge on any atom is -0.462 e. The normalized spacial score (nSPS) is 21.1. The standard InChI is InChI=1S/C16H29N3O3/c1-14(2)22-16(21)13-18-10-8-17(9-11-18)12-15(20)19-6-4-3-5-7-19/h14H,3-13H2,1-2H3. The van der Waals surface area contributed by atoms with Gasteiger partial charge in [0.15, 0.2) is 0 Å². The van der Waals surface area contributed by atoms with E-state index in [0.29, 0.717) is 13.1 Å². The Balaban J connectivity index is 1.66. The van der Waals surface area contributed by atoms with Gasteiger partial charge in [-0.05, 0) is 33.1 Å². The lowest BCUT2D eigenvalue weighted by Crippen LogP contribution is -2.51. The maximum atomic E-state index is 12.2. The molecule has 6 nitrogen and oxygen atoms in total. The first-order chi connectivity index (χ1) is 10.5. The van der Waals surface area contributed by atoms with Crippen LogP contribution in [0.1, 0.15) is 33.1 Å². The van der Waals surface area contributed by atoms with E-state index in [2.05, 4.69) is 9.80 Å². The summed E-state index contributed by atoms with van der Waals surface area (Å²) in [6, 6.07) is 0. The molecule has 2 saturated heterocycles. The number of carbonyl (C=O) groups is 2. The fraction of sp³-hybridized carbons (Fsp3) is 0.875. The Morgan fingerprint density at radius 2 is 1.41 bits per heavy atom. The van der Waals surface area contributed by atoms with Crippen LogP contribution >= 0.6 is 0 Å². The van der Waals surface area contributed by atoms with Gasteiger partial charge in [-0.3, -0.25) is 19.4 Å². The van der Waals surface area contributed by atoms with Crippen molar-refractivity contribution in [1.82, 2.24) is 14.7 Å². The topological polar surface area (TPSA) is 53.1 Å². The van der Waals surface area contributed by atoms with Crippen molar-refractivity contribution in [3.05, 3.63) is 0 Å². The van der Waals surface area contributed by atoms with E-state index in [4.69, 9.17) is 4.74 Å². The molecular formula is C16H29N3O3. The second-order valence-corrected chi connectivity index (χ2v) is 6.53. The zero-order chi connectivity index (χ0) is 15.9. The van der Waals surface area contributed by atoms with E-state index < -0.39 is 0 Å². The first kappa shape index (κ1) is 17.2. The summed E-state index contributed by atoms with van der Waals surface area (Å²) in [5.74, 6) is 0.0974. The summed E-state index contributed by atoms with van der Waals surface area (Å²) < 4.78 is 5.17. The van der Waals surface area contributed by atoms with Gasteiger partial charge in [0.1, 0.15) is 0 Å². The SMILES string of the molecule is CC(C)OC(=O)CN1CCN(CC(=O)N2CCCCC2)CC1. The maximum Gasteiger partial charge on any atom is 0.320 e. The molecule has 0 spiro atoms. The van der Waals surface area contributed by atoms with Crippen LogP contribution in [0.4, 0.5) is 0 Å². The molecule has 6 heteroatoms. The predicted octanol–water partition coefficient (Wildman–Crippen LogP) is 0.568. The highest BCUT2D eigenvalue weighted by Crippen LogP contribution is 2.10. The Bertz CT molecular complexity index is 373. The molecule has 2 aliphatic rings. The minimum atomic E-state index is -0.159. The van der Waals surface area contributed by atoms with Crippen LogP contribution in [0.15, 0.2) is 0 Å². The van der Waals surface area contributed by atoms with E-state index in [0.717, 1.165) is 52.1 Å². The molecule has 2 fully saturated rings. The number of piperidine rings is 1. The summed E-state index contributed by atoms with van der Waals surface area (Å²) in [5.41, 5.74) is 0. The number of piperazine rings is 1. The highest BCUT2D eigenvalue weighted by atomic mass is 16.5. The number of ether oxygens (including phenoxy) is 1. The van der Waals surface area contributed by atoms with Crippen LogP contribution in [-0.4, -0.2) is 85.0 Å². The molecule has 1 amide bonds. The molecule has 0 atom stereocenters. The van der Waals surface area contributed by atoms with Gasteiger partial charge < -0.3 is 9.64 Å². The van der Waals surface area contributed by atoms with Gasteiger partial charge in [0.25, 0.3) is 0 Å². The molecule has 126 valence electrons. The van der Waals surface area contributed by atoms with E-state index in [1.54, 1.807) is 0 Å². The molecule has 0 saturated carbocycles. The van der Waals surface area contributed by atoms with Crippen molar-refractivity contribution >= 4 is 11.9 Å². The Morgan fingerprint density at radius 3 is 1.95 bits per heavy atom. The summed E-state index contributed by atoms with van der Waals surface area (Å²) in [4.78, 5) is 30.2. The van der Waals surface area contributed by atoms with E-state index in [1.807, 2.05) is 18.7 Å². The Labute approximate surface area is 133 Å². The number of amides is 1. The number of hydrogen-bond donors (Lipinski definition) is 0. The van der Waals surface area contributed by atoms with Crippen molar-refractivity contribution < 1.29 is 14.3 Å². The molecule has 0 radical (unpaired) electrons. The zero-order valence-corrected chi connectivity index (χ0v) is 13.9. The van der Waals surface area contributed by atoms with Gasteiger partial charge in [0.2, 0.25) is 5.91 Å². The minimum absolute atomic E-state index is 0.0593. The van der Waals surface area contributed by atoms with Crippen LogP contribution in [0.2, 0.25) is 0 Å². The molecule has 2 heterocycles. The maximum absolute atomic E-state index is 12.2. The lowest BCUT2D eigenvalue weighted by atomic mass is 10.1. The molecular weight excluding hydrogens is 282 g/mol. The zero-order valence-electron chi connectivity index (χ0n) is 13.9. The molecule has 0 N–H and O–H groups in total. The summed E-state index contributed by atoms with van der Waals surface area (Å²) in [7, 11) is 0. The van der Waals surface area contributed by atoms with Crippen LogP contribution in [-0.2, 0) is 14.3 Å². The van der Waals surface area contributed by atoms with Crippen molar-refractivity contribution in [3.63, 3.8) is 0 Å². The number of rotatable bonds is 5. The molecule has 0 unspecified atom stereocenters. The van der Waals surface area contributed by atoms with Gasteiger partial charge >= 0.3 is 5.97 Å². The second kappa shape index (κ2) is 8.48. The highest BCUT2D eigenvalue weighted by Gasteiger charge is 2.23. The van der Waals surface area contributed by atoms with Crippen molar-refractivity contribution in [3.8, 4) is 0 Å². The van der Waals surface area contributed by atoms with Gasteiger partial charge in [-0.15, -0.1) is 0 Å². The highest BCUT2D eigenvalue weighted by molar-refractivity contribution is 5.78. The van der Waals surface area contributed by atoms with Crippen LogP contribution in [0.3, 0.4) is 0 Å². The van der Waals surface area contributed by atoms with Crippen molar-refractivity contribution in [2.45, 2.75) is 39.2 Å². The molecule has 0 aromatic carbocycles. The second-order valence-electron chi connectivity index (χ2n) is 6.53. The third kappa shape index (κ3) is 5.57. The average Bonchev–Trinajstić information content (AvgIpc) is 2.49. The van der Waals surface area contributed by atoms with E-state index >= 15 is 0 Å². The molecule has 0 bridgehead atoms. The van der Waals surface area contributed by atoms with Crippen LogP contribution < -0.4 is 0 Å². The number of carbonyl (C=O) groups excluding carboxylic acids is 2. The third-order valence-corrected chi connectivity index (χ3v) is 4.25. The molecule has 2 aliphatic heterocycles. The number of hydrogen-bond acceptors (Lipinski definition) is 5. The molecule has 0 aromatic heterocycles. The van der Waals surface area contributed by atoms with Crippen LogP contribution in [0, 0.1) is 0 Å². The molecule has 2 rings (SSSR count). The summed E-state index contributed by atoms with van der Waals surface area (Å²) in [6.45, 7) is 9.75. The Morgan fingerprint density at radius 1 is 0.864 bits per heavy atom. The quantitative estimate of drug-likeness (QED) is 0.695. The summed E-state index contributed by atoms with van der Waals surface area (Å²) in [6.07, 6.45) is 3.46. The fourth-order valence-electron chi connectivity index (χ4n) is 3.02. The van der Waals surface area contributed by atoms with E-state index in [1.165, 1.54) is 6.42 Å². The van der Waals surface area contributed by atoms with Gasteiger partial charge in [0.05, 0.1) is 19.2 Å². The van der Waals surface area contributed by atoms with E-state index in [9.17, 15) is 9.59 Å². The van der Waals surface area contributed by atoms with Crippen molar-refractivity contribution in [2.75, 3.05) is 52.4 Å². The smallest absolute Gasteiger partial charge is 0.320 e. The number of nitrogens with zero attached hydrogens (tertiary/aromatic N) is 3. The third-order valence-electron chi connectivity index (χ3n) is 4.25. The number of likely N-dealkylation sites (tertiary alicyclic amines) is 1. The van der Waals surface area contributed by atoms with Gasteiger partial charge in [-0.2, -0.15) is 0 Å². The molecule has 0 aromatic rings. The lowest BCUT2D eigenvalue weighted by molar-refractivity contribution is -0.149. The molecule has 0 aliphatic carbocycles. The fourth-order valence-corrected chi connectivity index (χ4v) is 3.02. The Kier molecular flexibility index (Phi) is 6.64. The van der Waals surface area contributed by atoms with Crippen LogP contribution in [0.25, 0.3) is 0 Å². The average molecular weight is 311 g/mol. The van der Waals surface area contributed by atoms with Crippen molar-refractivity contribution in [2.24, 2.45) is 0 Å². The molecule has 22 heavy (non-hydrogen) atoms. The summed E-state index contributed by atoms with van der Waals surface area (Å²) in [5, 5.41) is 0. The summed E-state index contributed by atoms with van der Waals surface area (Å²) >= 11 is 0. The predicted molar refractivity (Wildman–Crippen MR) is 84.5 cm³/mol. The first-order valence-electron chi connectivity index (χ1n) is 8.46. The lowest BCUT2D eigenvalue weighted by Gasteiger charge is -2.35. The van der Waals surface area contributed by atoms with Crippen molar-refractivity contribution in [1.29, 1.82) is 0 Å². The van der Waals surface area contributed by atoms with Gasteiger partial charge in [-0.25, -0.2) is 0 Å². The number of esters is 1. The first-order valence-corrected chi connectivity index (χ1v) is 8.46. The van der Waals surface area contributed by atoms with Gasteiger partial charge in [-0.1, -0.05) is 0 Å².